The number of hydrogen-bond donors (Lipinski definition) is 1. The number of pyridine rings is 1. The van der Waals surface area contributed by atoms with E-state index in [2.05, 4.69) is 36.3 Å². The van der Waals surface area contributed by atoms with Crippen molar-refractivity contribution in [3.8, 4) is 11.6 Å². The van der Waals surface area contributed by atoms with Crippen LogP contribution in [0.5, 0.6) is 11.6 Å². The van der Waals surface area contributed by atoms with Crippen molar-refractivity contribution in [3.63, 3.8) is 0 Å². The van der Waals surface area contributed by atoms with E-state index in [9.17, 15) is 0 Å². The highest BCUT2D eigenvalue weighted by Gasteiger charge is 2.01. The van der Waals surface area contributed by atoms with Crippen LogP contribution in [0, 0.1) is 0 Å². The average Bonchev–Trinajstić information content (AvgIpc) is 2.42. The molecular weight excluding hydrogens is 236 g/mol. The standard InChI is InChI=1S/C16H20N2O/c1-12(2)14-5-7-15(8-6-14)19-16-9-4-13(10-17-3)11-18-16/h4-9,11-12,17H,10H2,1-3H3. The molecule has 1 N–H and O–H groups in total. The lowest BCUT2D eigenvalue weighted by atomic mass is 10.0. The first-order chi connectivity index (χ1) is 9.19. The zero-order valence-corrected chi connectivity index (χ0v) is 11.7. The van der Waals surface area contributed by atoms with Crippen LogP contribution < -0.4 is 10.1 Å². The maximum atomic E-state index is 5.71. The molecule has 0 saturated heterocycles. The van der Waals surface area contributed by atoms with E-state index in [4.69, 9.17) is 4.74 Å². The Morgan fingerprint density at radius 2 is 1.84 bits per heavy atom. The van der Waals surface area contributed by atoms with Crippen molar-refractivity contribution in [2.45, 2.75) is 26.3 Å². The van der Waals surface area contributed by atoms with Crippen LogP contribution in [0.1, 0.15) is 30.9 Å². The first kappa shape index (κ1) is 13.6. The molecule has 0 saturated carbocycles. The van der Waals surface area contributed by atoms with Gasteiger partial charge in [-0.2, -0.15) is 0 Å². The summed E-state index contributed by atoms with van der Waals surface area (Å²) >= 11 is 0. The molecule has 2 aromatic rings. The third-order valence-electron chi connectivity index (χ3n) is 2.95. The van der Waals surface area contributed by atoms with Gasteiger partial charge >= 0.3 is 0 Å². The van der Waals surface area contributed by atoms with Gasteiger partial charge in [0.1, 0.15) is 5.75 Å². The second-order valence-corrected chi connectivity index (χ2v) is 4.86. The van der Waals surface area contributed by atoms with Crippen LogP contribution in [0.2, 0.25) is 0 Å². The first-order valence-corrected chi connectivity index (χ1v) is 6.56. The zero-order chi connectivity index (χ0) is 13.7. The molecule has 0 unspecified atom stereocenters. The molecule has 0 radical (unpaired) electrons. The van der Waals surface area contributed by atoms with Crippen LogP contribution in [0.15, 0.2) is 42.6 Å². The van der Waals surface area contributed by atoms with Crippen molar-refractivity contribution in [1.82, 2.24) is 10.3 Å². The number of nitrogens with zero attached hydrogens (tertiary/aromatic N) is 1. The summed E-state index contributed by atoms with van der Waals surface area (Å²) in [5.74, 6) is 1.98. The fourth-order valence-corrected chi connectivity index (χ4v) is 1.82. The molecule has 1 aromatic heterocycles. The Balaban J connectivity index is 2.04. The first-order valence-electron chi connectivity index (χ1n) is 6.56. The molecule has 0 atom stereocenters. The number of benzene rings is 1. The zero-order valence-electron chi connectivity index (χ0n) is 11.7. The van der Waals surface area contributed by atoms with Crippen LogP contribution in [-0.4, -0.2) is 12.0 Å². The van der Waals surface area contributed by atoms with Crippen molar-refractivity contribution in [3.05, 3.63) is 53.7 Å². The van der Waals surface area contributed by atoms with E-state index in [1.54, 1.807) is 0 Å². The highest BCUT2D eigenvalue weighted by molar-refractivity contribution is 5.32. The van der Waals surface area contributed by atoms with Crippen molar-refractivity contribution < 1.29 is 4.74 Å². The Morgan fingerprint density at radius 3 is 2.37 bits per heavy atom. The number of hydrogen-bond acceptors (Lipinski definition) is 3. The Bertz CT molecular complexity index is 503. The normalized spacial score (nSPS) is 10.7. The second-order valence-electron chi connectivity index (χ2n) is 4.86. The van der Waals surface area contributed by atoms with Crippen LogP contribution in [0.3, 0.4) is 0 Å². The molecule has 3 nitrogen and oxygen atoms in total. The van der Waals surface area contributed by atoms with Gasteiger partial charge in [-0.05, 0) is 36.2 Å². The monoisotopic (exact) mass is 256 g/mol. The van der Waals surface area contributed by atoms with E-state index < -0.39 is 0 Å². The minimum absolute atomic E-state index is 0.535. The SMILES string of the molecule is CNCc1ccc(Oc2ccc(C(C)C)cc2)nc1. The van der Waals surface area contributed by atoms with Gasteiger partial charge in [-0.15, -0.1) is 0 Å². The molecule has 0 aliphatic rings. The minimum atomic E-state index is 0.535. The molecule has 19 heavy (non-hydrogen) atoms. The van der Waals surface area contributed by atoms with Crippen LogP contribution in [0.25, 0.3) is 0 Å². The Labute approximate surface area is 114 Å². The van der Waals surface area contributed by atoms with Crippen LogP contribution >= 0.6 is 0 Å². The third kappa shape index (κ3) is 3.80. The third-order valence-corrected chi connectivity index (χ3v) is 2.95. The fourth-order valence-electron chi connectivity index (χ4n) is 1.82. The maximum Gasteiger partial charge on any atom is 0.219 e. The quantitative estimate of drug-likeness (QED) is 0.885. The molecule has 2 rings (SSSR count). The van der Waals surface area contributed by atoms with Crippen molar-refractivity contribution in [1.29, 1.82) is 0 Å². The second kappa shape index (κ2) is 6.34. The van der Waals surface area contributed by atoms with Crippen molar-refractivity contribution in [2.24, 2.45) is 0 Å². The topological polar surface area (TPSA) is 34.1 Å². The smallest absolute Gasteiger partial charge is 0.219 e. The van der Waals surface area contributed by atoms with E-state index in [0.29, 0.717) is 11.8 Å². The maximum absolute atomic E-state index is 5.71. The van der Waals surface area contributed by atoms with Gasteiger partial charge in [-0.3, -0.25) is 0 Å². The van der Waals surface area contributed by atoms with E-state index in [1.165, 1.54) is 5.56 Å². The summed E-state index contributed by atoms with van der Waals surface area (Å²) in [7, 11) is 1.92. The molecule has 0 spiro atoms. The fraction of sp³-hybridized carbons (Fsp3) is 0.312. The number of nitrogens with one attached hydrogen (secondary N) is 1. The lowest BCUT2D eigenvalue weighted by Gasteiger charge is -2.08. The van der Waals surface area contributed by atoms with E-state index in [-0.39, 0.29) is 0 Å². The Morgan fingerprint density at radius 1 is 1.11 bits per heavy atom. The molecule has 100 valence electrons. The van der Waals surface area contributed by atoms with Gasteiger partial charge in [0.25, 0.3) is 0 Å². The van der Waals surface area contributed by atoms with Crippen molar-refractivity contribution in [2.75, 3.05) is 7.05 Å². The molecular formula is C16H20N2O. The Hall–Kier alpha value is -1.87. The highest BCUT2D eigenvalue weighted by atomic mass is 16.5. The summed E-state index contributed by atoms with van der Waals surface area (Å²) in [4.78, 5) is 4.29. The predicted octanol–water partition coefficient (Wildman–Crippen LogP) is 3.72. The number of ether oxygens (including phenoxy) is 1. The highest BCUT2D eigenvalue weighted by Crippen LogP contribution is 2.22. The van der Waals surface area contributed by atoms with Gasteiger partial charge in [0.2, 0.25) is 5.88 Å². The number of aromatic nitrogens is 1. The van der Waals surface area contributed by atoms with Gasteiger partial charge in [-0.1, -0.05) is 32.0 Å². The van der Waals surface area contributed by atoms with Crippen LogP contribution in [-0.2, 0) is 6.54 Å². The molecule has 0 fully saturated rings. The molecule has 0 aliphatic carbocycles. The summed E-state index contributed by atoms with van der Waals surface area (Å²) in [6, 6.07) is 12.1. The summed E-state index contributed by atoms with van der Waals surface area (Å²) in [5.41, 5.74) is 2.45. The summed E-state index contributed by atoms with van der Waals surface area (Å²) in [6.45, 7) is 5.17. The Kier molecular flexibility index (Phi) is 4.53. The largest absolute Gasteiger partial charge is 0.439 e. The molecule has 1 heterocycles. The lowest BCUT2D eigenvalue weighted by molar-refractivity contribution is 0.462. The minimum Gasteiger partial charge on any atom is -0.439 e. The van der Waals surface area contributed by atoms with Gasteiger partial charge in [0.15, 0.2) is 0 Å². The van der Waals surface area contributed by atoms with Crippen LogP contribution in [0.4, 0.5) is 0 Å². The molecule has 0 amide bonds. The van der Waals surface area contributed by atoms with Gasteiger partial charge < -0.3 is 10.1 Å². The molecule has 0 aliphatic heterocycles. The molecule has 0 bridgehead atoms. The lowest BCUT2D eigenvalue weighted by Crippen LogP contribution is -2.05. The average molecular weight is 256 g/mol. The van der Waals surface area contributed by atoms with Gasteiger partial charge in [0.05, 0.1) is 0 Å². The van der Waals surface area contributed by atoms with E-state index in [0.717, 1.165) is 17.9 Å². The molecule has 1 aromatic carbocycles. The number of rotatable bonds is 5. The van der Waals surface area contributed by atoms with Gasteiger partial charge in [0, 0.05) is 18.8 Å². The molecule has 3 heteroatoms. The summed E-state index contributed by atoms with van der Waals surface area (Å²) in [6.07, 6.45) is 1.83. The van der Waals surface area contributed by atoms with E-state index in [1.807, 2.05) is 37.5 Å². The summed E-state index contributed by atoms with van der Waals surface area (Å²) < 4.78 is 5.71. The van der Waals surface area contributed by atoms with Crippen molar-refractivity contribution >= 4 is 0 Å². The summed E-state index contributed by atoms with van der Waals surface area (Å²) in [5, 5.41) is 3.09. The predicted molar refractivity (Wildman–Crippen MR) is 77.6 cm³/mol. The van der Waals surface area contributed by atoms with E-state index >= 15 is 0 Å². The van der Waals surface area contributed by atoms with Gasteiger partial charge in [-0.25, -0.2) is 4.98 Å².